The molecule has 0 saturated heterocycles. The molecule has 1 aliphatic rings. The Morgan fingerprint density at radius 3 is 3.07 bits per heavy atom. The van der Waals surface area contributed by atoms with Crippen LogP contribution in [-0.2, 0) is 11.2 Å². The molecule has 0 unspecified atom stereocenters. The van der Waals surface area contributed by atoms with Crippen LogP contribution in [0.5, 0.6) is 0 Å². The van der Waals surface area contributed by atoms with Crippen molar-refractivity contribution in [1.29, 1.82) is 0 Å². The van der Waals surface area contributed by atoms with Crippen LogP contribution in [0.3, 0.4) is 0 Å². The summed E-state index contributed by atoms with van der Waals surface area (Å²) in [5, 5.41) is 3.85. The smallest absolute Gasteiger partial charge is 0.230 e. The number of pyridine rings is 1. The van der Waals surface area contributed by atoms with Gasteiger partial charge < -0.3 is 5.32 Å². The van der Waals surface area contributed by atoms with E-state index in [4.69, 9.17) is 0 Å². The van der Waals surface area contributed by atoms with Crippen LogP contribution in [0.1, 0.15) is 5.56 Å². The number of halogens is 1. The van der Waals surface area contributed by atoms with Crippen molar-refractivity contribution < 1.29 is 4.79 Å². The summed E-state index contributed by atoms with van der Waals surface area (Å²) < 4.78 is 1.18. The van der Waals surface area contributed by atoms with Crippen molar-refractivity contribution in [3.8, 4) is 0 Å². The molecule has 0 saturated carbocycles. The zero-order valence-corrected chi connectivity index (χ0v) is 9.91. The Morgan fingerprint density at radius 1 is 1.33 bits per heavy atom. The van der Waals surface area contributed by atoms with Gasteiger partial charge in [0.15, 0.2) is 0 Å². The number of amides is 1. The Bertz CT molecular complexity index is 580. The summed E-state index contributed by atoms with van der Waals surface area (Å²) in [5.74, 6) is 0.746. The lowest BCUT2D eigenvalue weighted by Gasteiger charge is -2.01. The Morgan fingerprint density at radius 2 is 2.20 bits per heavy atom. The van der Waals surface area contributed by atoms with Gasteiger partial charge in [-0.1, -0.05) is 0 Å². The first-order valence-corrected chi connectivity index (χ1v) is 5.69. The van der Waals surface area contributed by atoms with Crippen molar-refractivity contribution in [3.05, 3.63) is 33.4 Å². The second kappa shape index (κ2) is 3.16. The summed E-state index contributed by atoms with van der Waals surface area (Å²) in [5.41, 5.74) is 1.92. The maximum Gasteiger partial charge on any atom is 0.230 e. The maximum atomic E-state index is 11.2. The Labute approximate surface area is 100 Å². The molecule has 1 aromatic carbocycles. The molecule has 15 heavy (non-hydrogen) atoms. The van der Waals surface area contributed by atoms with E-state index in [2.05, 4.69) is 39.0 Å². The van der Waals surface area contributed by atoms with Crippen molar-refractivity contribution in [3.63, 3.8) is 0 Å². The zero-order chi connectivity index (χ0) is 10.4. The summed E-state index contributed by atoms with van der Waals surface area (Å²) in [7, 11) is 0. The van der Waals surface area contributed by atoms with Crippen LogP contribution in [0.15, 0.2) is 24.3 Å². The number of hydrogen-bond acceptors (Lipinski definition) is 2. The van der Waals surface area contributed by atoms with Gasteiger partial charge >= 0.3 is 0 Å². The molecule has 1 aliphatic heterocycles. The average molecular weight is 310 g/mol. The molecular weight excluding hydrogens is 303 g/mol. The van der Waals surface area contributed by atoms with Crippen LogP contribution >= 0.6 is 22.6 Å². The van der Waals surface area contributed by atoms with Gasteiger partial charge in [-0.05, 0) is 46.9 Å². The number of anilines is 1. The topological polar surface area (TPSA) is 42.0 Å². The van der Waals surface area contributed by atoms with Crippen LogP contribution in [-0.4, -0.2) is 10.9 Å². The molecule has 1 aromatic heterocycles. The second-order valence-electron chi connectivity index (χ2n) is 3.56. The predicted molar refractivity (Wildman–Crippen MR) is 66.8 cm³/mol. The molecule has 0 radical (unpaired) electrons. The van der Waals surface area contributed by atoms with Crippen molar-refractivity contribution in [2.45, 2.75) is 6.42 Å². The maximum absolute atomic E-state index is 11.2. The van der Waals surface area contributed by atoms with E-state index in [0.717, 1.165) is 16.5 Å². The summed E-state index contributed by atoms with van der Waals surface area (Å²) in [6.07, 6.45) is 0.448. The fourth-order valence-electron chi connectivity index (χ4n) is 1.78. The number of benzene rings is 1. The number of rotatable bonds is 0. The summed E-state index contributed by atoms with van der Waals surface area (Å²) in [6.45, 7) is 0. The average Bonchev–Trinajstić information content (AvgIpc) is 2.53. The Hall–Kier alpha value is -1.17. The second-order valence-corrected chi connectivity index (χ2v) is 4.80. The van der Waals surface area contributed by atoms with Gasteiger partial charge in [-0.3, -0.25) is 4.79 Å². The van der Waals surface area contributed by atoms with Crippen LogP contribution in [0.25, 0.3) is 10.9 Å². The van der Waals surface area contributed by atoms with E-state index in [1.165, 1.54) is 3.57 Å². The molecule has 74 valence electrons. The van der Waals surface area contributed by atoms with Gasteiger partial charge in [0.2, 0.25) is 5.91 Å². The minimum atomic E-state index is 0.0301. The van der Waals surface area contributed by atoms with E-state index in [0.29, 0.717) is 12.2 Å². The first-order valence-electron chi connectivity index (χ1n) is 4.61. The van der Waals surface area contributed by atoms with Crippen molar-refractivity contribution in [2.24, 2.45) is 0 Å². The molecule has 2 heterocycles. The highest BCUT2D eigenvalue weighted by Crippen LogP contribution is 2.26. The molecule has 1 amide bonds. The highest BCUT2D eigenvalue weighted by Gasteiger charge is 2.19. The van der Waals surface area contributed by atoms with Crippen molar-refractivity contribution in [1.82, 2.24) is 4.98 Å². The molecule has 3 nitrogen and oxygen atoms in total. The Kier molecular flexibility index (Phi) is 1.92. The van der Waals surface area contributed by atoms with Crippen LogP contribution in [0.2, 0.25) is 0 Å². The molecule has 4 heteroatoms. The minimum absolute atomic E-state index is 0.0301. The van der Waals surface area contributed by atoms with Gasteiger partial charge in [-0.2, -0.15) is 0 Å². The number of fused-ring (bicyclic) bond motifs is 2. The molecular formula is C11H7IN2O. The van der Waals surface area contributed by atoms with Gasteiger partial charge in [0.05, 0.1) is 11.9 Å². The zero-order valence-electron chi connectivity index (χ0n) is 7.75. The standard InChI is InChI=1S/C11H7IN2O/c12-8-1-2-9-6(4-8)3-7-5-10(15)14-11(7)13-9/h1-4H,5H2,(H,13,14,15). The third-order valence-corrected chi connectivity index (χ3v) is 3.14. The fraction of sp³-hybridized carbons (Fsp3) is 0.0909. The predicted octanol–water partition coefficient (Wildman–Crippen LogP) is 2.33. The Balaban J connectivity index is 2.29. The van der Waals surface area contributed by atoms with E-state index >= 15 is 0 Å². The van der Waals surface area contributed by atoms with E-state index in [1.807, 2.05) is 18.2 Å². The summed E-state index contributed by atoms with van der Waals surface area (Å²) in [6, 6.07) is 8.10. The van der Waals surface area contributed by atoms with E-state index in [-0.39, 0.29) is 5.91 Å². The number of hydrogen-bond donors (Lipinski definition) is 1. The SMILES string of the molecule is O=C1Cc2cc3cc(I)ccc3nc2N1. The highest BCUT2D eigenvalue weighted by atomic mass is 127. The van der Waals surface area contributed by atoms with Gasteiger partial charge in [0, 0.05) is 14.5 Å². The normalized spacial score (nSPS) is 14.1. The van der Waals surface area contributed by atoms with Crippen molar-refractivity contribution in [2.75, 3.05) is 5.32 Å². The summed E-state index contributed by atoms with van der Waals surface area (Å²) >= 11 is 2.27. The number of aromatic nitrogens is 1. The third-order valence-electron chi connectivity index (χ3n) is 2.46. The lowest BCUT2D eigenvalue weighted by Crippen LogP contribution is -2.04. The first-order chi connectivity index (χ1) is 7.22. The number of nitrogens with zero attached hydrogens (tertiary/aromatic N) is 1. The van der Waals surface area contributed by atoms with E-state index < -0.39 is 0 Å². The monoisotopic (exact) mass is 310 g/mol. The minimum Gasteiger partial charge on any atom is -0.310 e. The molecule has 3 rings (SSSR count). The largest absolute Gasteiger partial charge is 0.310 e. The number of carbonyl (C=O) groups excluding carboxylic acids is 1. The molecule has 0 spiro atoms. The molecule has 0 aliphatic carbocycles. The number of carbonyl (C=O) groups is 1. The highest BCUT2D eigenvalue weighted by molar-refractivity contribution is 14.1. The molecule has 0 bridgehead atoms. The van der Waals surface area contributed by atoms with Gasteiger partial charge in [0.25, 0.3) is 0 Å². The third kappa shape index (κ3) is 1.49. The first kappa shape index (κ1) is 9.08. The number of nitrogens with one attached hydrogen (secondary N) is 1. The van der Waals surface area contributed by atoms with Gasteiger partial charge in [-0.25, -0.2) is 4.98 Å². The lowest BCUT2D eigenvalue weighted by atomic mass is 10.1. The van der Waals surface area contributed by atoms with Crippen LogP contribution < -0.4 is 5.32 Å². The molecule has 1 N–H and O–H groups in total. The quantitative estimate of drug-likeness (QED) is 0.759. The van der Waals surface area contributed by atoms with Crippen molar-refractivity contribution >= 4 is 45.2 Å². The summed E-state index contributed by atoms with van der Waals surface area (Å²) in [4.78, 5) is 15.6. The van der Waals surface area contributed by atoms with Crippen LogP contribution in [0.4, 0.5) is 5.82 Å². The lowest BCUT2D eigenvalue weighted by molar-refractivity contribution is -0.115. The van der Waals surface area contributed by atoms with Gasteiger partial charge in [-0.15, -0.1) is 0 Å². The van der Waals surface area contributed by atoms with Gasteiger partial charge in [0.1, 0.15) is 5.82 Å². The van der Waals surface area contributed by atoms with E-state index in [9.17, 15) is 4.79 Å². The molecule has 0 fully saturated rings. The fourth-order valence-corrected chi connectivity index (χ4v) is 2.30. The molecule has 0 atom stereocenters. The van der Waals surface area contributed by atoms with E-state index in [1.54, 1.807) is 0 Å². The van der Waals surface area contributed by atoms with Crippen LogP contribution in [0, 0.1) is 3.57 Å². The molecule has 2 aromatic rings.